The van der Waals surface area contributed by atoms with Gasteiger partial charge in [0.05, 0.1) is 5.92 Å². The van der Waals surface area contributed by atoms with Gasteiger partial charge in [0.15, 0.2) is 0 Å². The van der Waals surface area contributed by atoms with Gasteiger partial charge in [0.1, 0.15) is 6.04 Å². The van der Waals surface area contributed by atoms with Crippen LogP contribution in [0.15, 0.2) is 0 Å². The largest absolute Gasteiger partial charge is 0.480 e. The van der Waals surface area contributed by atoms with E-state index in [0.717, 1.165) is 12.3 Å². The van der Waals surface area contributed by atoms with E-state index >= 15 is 0 Å². The SMILES string of the molecule is CSCC[C@H](NC(=O)C1CNCC1C)C(=O)O. The second-order valence-electron chi connectivity index (χ2n) is 4.42. The predicted octanol–water partition coefficient (Wildman–Crippen LogP) is 0.164. The molecule has 0 aromatic heterocycles. The van der Waals surface area contributed by atoms with Gasteiger partial charge in [-0.2, -0.15) is 11.8 Å². The minimum absolute atomic E-state index is 0.105. The Bertz CT molecular complexity index is 286. The average molecular weight is 260 g/mol. The first-order chi connectivity index (χ1) is 8.06. The number of aliphatic carboxylic acids is 1. The highest BCUT2D eigenvalue weighted by molar-refractivity contribution is 7.98. The van der Waals surface area contributed by atoms with Gasteiger partial charge in [0, 0.05) is 6.54 Å². The second kappa shape index (κ2) is 6.86. The van der Waals surface area contributed by atoms with Crippen LogP contribution >= 0.6 is 11.8 Å². The first-order valence-electron chi connectivity index (χ1n) is 5.79. The van der Waals surface area contributed by atoms with Gasteiger partial charge in [0.25, 0.3) is 0 Å². The van der Waals surface area contributed by atoms with Crippen LogP contribution in [0.2, 0.25) is 0 Å². The van der Waals surface area contributed by atoms with Crippen LogP contribution in [-0.2, 0) is 9.59 Å². The lowest BCUT2D eigenvalue weighted by atomic mass is 9.97. The van der Waals surface area contributed by atoms with Crippen molar-refractivity contribution in [1.29, 1.82) is 0 Å². The van der Waals surface area contributed by atoms with E-state index in [9.17, 15) is 9.59 Å². The number of rotatable bonds is 6. The number of carbonyl (C=O) groups is 2. The molecule has 1 aliphatic heterocycles. The maximum Gasteiger partial charge on any atom is 0.326 e. The van der Waals surface area contributed by atoms with Crippen LogP contribution in [0.4, 0.5) is 0 Å². The highest BCUT2D eigenvalue weighted by Gasteiger charge is 2.31. The van der Waals surface area contributed by atoms with E-state index < -0.39 is 12.0 Å². The zero-order chi connectivity index (χ0) is 12.8. The quantitative estimate of drug-likeness (QED) is 0.634. The molecule has 0 spiro atoms. The minimum Gasteiger partial charge on any atom is -0.480 e. The number of thioether (sulfide) groups is 1. The topological polar surface area (TPSA) is 78.4 Å². The summed E-state index contributed by atoms with van der Waals surface area (Å²) in [6, 6.07) is -0.761. The third-order valence-electron chi connectivity index (χ3n) is 3.08. The zero-order valence-electron chi connectivity index (χ0n) is 10.2. The van der Waals surface area contributed by atoms with Gasteiger partial charge in [-0.1, -0.05) is 6.92 Å². The fourth-order valence-corrected chi connectivity index (χ4v) is 2.40. The number of nitrogens with one attached hydrogen (secondary N) is 2. The van der Waals surface area contributed by atoms with Crippen LogP contribution in [0.25, 0.3) is 0 Å². The summed E-state index contributed by atoms with van der Waals surface area (Å²) in [5.41, 5.74) is 0. The average Bonchev–Trinajstić information content (AvgIpc) is 2.70. The first-order valence-corrected chi connectivity index (χ1v) is 7.18. The van der Waals surface area contributed by atoms with Gasteiger partial charge in [-0.05, 0) is 30.9 Å². The lowest BCUT2D eigenvalue weighted by Gasteiger charge is -2.18. The van der Waals surface area contributed by atoms with Gasteiger partial charge in [0.2, 0.25) is 5.91 Å². The van der Waals surface area contributed by atoms with Crippen molar-refractivity contribution in [3.05, 3.63) is 0 Å². The summed E-state index contributed by atoms with van der Waals surface area (Å²) < 4.78 is 0. The Morgan fingerprint density at radius 2 is 2.24 bits per heavy atom. The van der Waals surface area contributed by atoms with Gasteiger partial charge in [-0.15, -0.1) is 0 Å². The van der Waals surface area contributed by atoms with Crippen molar-refractivity contribution in [2.24, 2.45) is 11.8 Å². The Morgan fingerprint density at radius 1 is 1.53 bits per heavy atom. The molecule has 2 unspecified atom stereocenters. The molecule has 5 nitrogen and oxygen atoms in total. The van der Waals surface area contributed by atoms with E-state index in [1.165, 1.54) is 0 Å². The molecule has 1 aliphatic rings. The number of hydrogen-bond donors (Lipinski definition) is 3. The summed E-state index contributed by atoms with van der Waals surface area (Å²) in [6.07, 6.45) is 2.39. The molecule has 0 aromatic rings. The number of carboxylic acid groups (broad SMARTS) is 1. The van der Waals surface area contributed by atoms with Crippen molar-refractivity contribution in [2.45, 2.75) is 19.4 Å². The van der Waals surface area contributed by atoms with E-state index in [1.54, 1.807) is 11.8 Å². The number of carboxylic acids is 1. The first kappa shape index (κ1) is 14.3. The van der Waals surface area contributed by atoms with Crippen LogP contribution in [0.3, 0.4) is 0 Å². The van der Waals surface area contributed by atoms with E-state index in [0.29, 0.717) is 13.0 Å². The number of carbonyl (C=O) groups excluding carboxylic acids is 1. The Kier molecular flexibility index (Phi) is 5.77. The summed E-state index contributed by atoms with van der Waals surface area (Å²) in [7, 11) is 0. The summed E-state index contributed by atoms with van der Waals surface area (Å²) in [6.45, 7) is 3.46. The maximum atomic E-state index is 11.9. The third kappa shape index (κ3) is 4.20. The molecule has 1 rings (SSSR count). The van der Waals surface area contributed by atoms with E-state index in [-0.39, 0.29) is 17.7 Å². The van der Waals surface area contributed by atoms with Crippen LogP contribution < -0.4 is 10.6 Å². The second-order valence-corrected chi connectivity index (χ2v) is 5.41. The van der Waals surface area contributed by atoms with Crippen molar-refractivity contribution in [1.82, 2.24) is 10.6 Å². The fourth-order valence-electron chi connectivity index (χ4n) is 1.93. The molecule has 0 bridgehead atoms. The Labute approximate surface area is 106 Å². The molecular weight excluding hydrogens is 240 g/mol. The molecule has 1 saturated heterocycles. The van der Waals surface area contributed by atoms with E-state index in [4.69, 9.17) is 5.11 Å². The van der Waals surface area contributed by atoms with Gasteiger partial charge >= 0.3 is 5.97 Å². The summed E-state index contributed by atoms with van der Waals surface area (Å²) in [5.74, 6) is -0.200. The lowest BCUT2D eigenvalue weighted by Crippen LogP contribution is -2.45. The van der Waals surface area contributed by atoms with Crippen molar-refractivity contribution in [2.75, 3.05) is 25.1 Å². The third-order valence-corrected chi connectivity index (χ3v) is 3.72. The molecule has 0 aromatic carbocycles. The number of amides is 1. The Morgan fingerprint density at radius 3 is 2.71 bits per heavy atom. The lowest BCUT2D eigenvalue weighted by molar-refractivity contribution is -0.142. The zero-order valence-corrected chi connectivity index (χ0v) is 11.0. The highest BCUT2D eigenvalue weighted by atomic mass is 32.2. The standard InChI is InChI=1S/C11H20N2O3S/c1-7-5-12-6-8(7)10(14)13-9(11(15)16)3-4-17-2/h7-9,12H,3-6H2,1-2H3,(H,13,14)(H,15,16)/t7?,8?,9-/m0/s1. The van der Waals surface area contributed by atoms with E-state index in [1.807, 2.05) is 13.2 Å². The molecule has 98 valence electrons. The van der Waals surface area contributed by atoms with Crippen LogP contribution in [0.5, 0.6) is 0 Å². The van der Waals surface area contributed by atoms with Gasteiger partial charge < -0.3 is 15.7 Å². The van der Waals surface area contributed by atoms with Crippen molar-refractivity contribution in [3.63, 3.8) is 0 Å². The van der Waals surface area contributed by atoms with Crippen LogP contribution in [0.1, 0.15) is 13.3 Å². The molecule has 1 amide bonds. The van der Waals surface area contributed by atoms with Gasteiger partial charge in [-0.3, -0.25) is 4.79 Å². The van der Waals surface area contributed by atoms with Crippen LogP contribution in [-0.4, -0.2) is 48.1 Å². The highest BCUT2D eigenvalue weighted by Crippen LogP contribution is 2.16. The maximum absolute atomic E-state index is 11.9. The molecular formula is C11H20N2O3S. The van der Waals surface area contributed by atoms with Crippen molar-refractivity contribution < 1.29 is 14.7 Å². The monoisotopic (exact) mass is 260 g/mol. The number of hydrogen-bond acceptors (Lipinski definition) is 4. The molecule has 0 aliphatic carbocycles. The minimum atomic E-state index is -0.953. The molecule has 1 fully saturated rings. The fraction of sp³-hybridized carbons (Fsp3) is 0.818. The molecule has 17 heavy (non-hydrogen) atoms. The molecule has 6 heteroatoms. The van der Waals surface area contributed by atoms with Crippen molar-refractivity contribution in [3.8, 4) is 0 Å². The summed E-state index contributed by atoms with van der Waals surface area (Å²) in [5, 5.41) is 14.8. The molecule has 0 radical (unpaired) electrons. The van der Waals surface area contributed by atoms with E-state index in [2.05, 4.69) is 10.6 Å². The molecule has 1 heterocycles. The summed E-state index contributed by atoms with van der Waals surface area (Å²) >= 11 is 1.58. The van der Waals surface area contributed by atoms with Crippen molar-refractivity contribution >= 4 is 23.6 Å². The molecule has 0 saturated carbocycles. The van der Waals surface area contributed by atoms with Gasteiger partial charge in [-0.25, -0.2) is 4.79 Å². The predicted molar refractivity (Wildman–Crippen MR) is 68.1 cm³/mol. The Hall–Kier alpha value is -0.750. The Balaban J connectivity index is 2.48. The smallest absolute Gasteiger partial charge is 0.326 e. The molecule has 3 N–H and O–H groups in total. The normalized spacial score (nSPS) is 25.5. The molecule has 3 atom stereocenters. The summed E-state index contributed by atoms with van der Waals surface area (Å²) in [4.78, 5) is 22.9. The van der Waals surface area contributed by atoms with Crippen LogP contribution in [0, 0.1) is 11.8 Å².